The maximum Gasteiger partial charge on any atom is 0.0799 e. The van der Waals surface area contributed by atoms with Gasteiger partial charge in [-0.2, -0.15) is 0 Å². The number of hydrogen-bond acceptors (Lipinski definition) is 2. The van der Waals surface area contributed by atoms with Crippen molar-refractivity contribution in [3.63, 3.8) is 0 Å². The molecule has 0 spiro atoms. The van der Waals surface area contributed by atoms with Crippen molar-refractivity contribution in [3.05, 3.63) is 0 Å². The summed E-state index contributed by atoms with van der Waals surface area (Å²) in [6.07, 6.45) is 18.4. The van der Waals surface area contributed by atoms with E-state index < -0.39 is 12.2 Å². The van der Waals surface area contributed by atoms with Gasteiger partial charge in [-0.05, 0) is 12.8 Å². The minimum absolute atomic E-state index is 0.504. The number of rotatable bonds is 17. The van der Waals surface area contributed by atoms with Gasteiger partial charge in [-0.15, -0.1) is 0 Å². The van der Waals surface area contributed by atoms with Gasteiger partial charge in [0.15, 0.2) is 0 Å². The normalized spacial score (nSPS) is 14.2. The summed E-state index contributed by atoms with van der Waals surface area (Å²) in [5.74, 6) is 0. The van der Waals surface area contributed by atoms with Crippen LogP contribution in [0.3, 0.4) is 0 Å². The van der Waals surface area contributed by atoms with Crippen LogP contribution >= 0.6 is 0 Å². The molecule has 0 saturated carbocycles. The van der Waals surface area contributed by atoms with E-state index in [1.165, 1.54) is 77.0 Å². The second-order valence-electron chi connectivity index (χ2n) is 6.95. The molecule has 0 unspecified atom stereocenters. The predicted molar refractivity (Wildman–Crippen MR) is 97.2 cm³/mol. The highest BCUT2D eigenvalue weighted by molar-refractivity contribution is 4.67. The zero-order valence-corrected chi connectivity index (χ0v) is 15.4. The topological polar surface area (TPSA) is 40.5 Å². The van der Waals surface area contributed by atoms with E-state index in [-0.39, 0.29) is 0 Å². The highest BCUT2D eigenvalue weighted by atomic mass is 16.3. The fourth-order valence-corrected chi connectivity index (χ4v) is 3.01. The van der Waals surface area contributed by atoms with Gasteiger partial charge < -0.3 is 10.2 Å². The molecule has 0 aromatic carbocycles. The maximum absolute atomic E-state index is 9.95. The molecule has 0 fully saturated rings. The lowest BCUT2D eigenvalue weighted by molar-refractivity contribution is 0.00713. The molecule has 0 amide bonds. The van der Waals surface area contributed by atoms with Crippen LogP contribution in [0.15, 0.2) is 0 Å². The van der Waals surface area contributed by atoms with E-state index in [4.69, 9.17) is 0 Å². The second kappa shape index (κ2) is 17.3. The molecule has 134 valence electrons. The molecule has 0 heterocycles. The van der Waals surface area contributed by atoms with Crippen molar-refractivity contribution in [2.24, 2.45) is 0 Å². The summed E-state index contributed by atoms with van der Waals surface area (Å²) in [6.45, 7) is 4.45. The lowest BCUT2D eigenvalue weighted by Gasteiger charge is -2.17. The summed E-state index contributed by atoms with van der Waals surface area (Å²) in [7, 11) is 0. The fourth-order valence-electron chi connectivity index (χ4n) is 3.01. The Kier molecular flexibility index (Phi) is 17.2. The van der Waals surface area contributed by atoms with Gasteiger partial charge in [0.05, 0.1) is 12.2 Å². The molecule has 2 nitrogen and oxygen atoms in total. The minimum atomic E-state index is -0.504. The molecule has 0 aliphatic heterocycles. The Bertz CT molecular complexity index is 206. The molecule has 2 N–H and O–H groups in total. The highest BCUT2D eigenvalue weighted by Crippen LogP contribution is 2.15. The Labute approximate surface area is 139 Å². The predicted octanol–water partition coefficient (Wildman–Crippen LogP) is 5.99. The Morgan fingerprint density at radius 3 is 1.09 bits per heavy atom. The Balaban J connectivity index is 3.28. The third-order valence-electron chi connectivity index (χ3n) is 4.65. The fraction of sp³-hybridized carbons (Fsp3) is 1.00. The average Bonchev–Trinajstić information content (AvgIpc) is 2.53. The molecule has 0 rings (SSSR count). The van der Waals surface area contributed by atoms with Gasteiger partial charge in [-0.1, -0.05) is 104 Å². The molecule has 0 saturated heterocycles. The summed E-state index contributed by atoms with van der Waals surface area (Å²) in [6, 6.07) is 0. The summed E-state index contributed by atoms with van der Waals surface area (Å²) in [5, 5.41) is 19.9. The molecule has 2 heteroatoms. The first-order valence-electron chi connectivity index (χ1n) is 10.1. The van der Waals surface area contributed by atoms with Crippen LogP contribution in [-0.4, -0.2) is 22.4 Å². The zero-order chi connectivity index (χ0) is 16.5. The van der Waals surface area contributed by atoms with Gasteiger partial charge in [0.2, 0.25) is 0 Å². The Hall–Kier alpha value is -0.0800. The van der Waals surface area contributed by atoms with Gasteiger partial charge in [-0.25, -0.2) is 0 Å². The van der Waals surface area contributed by atoms with Crippen LogP contribution in [0.1, 0.15) is 117 Å². The van der Waals surface area contributed by atoms with Crippen LogP contribution in [0.5, 0.6) is 0 Å². The van der Waals surface area contributed by atoms with Gasteiger partial charge >= 0.3 is 0 Å². The van der Waals surface area contributed by atoms with E-state index in [1.807, 2.05) is 0 Å². The standard InChI is InChI=1S/C20H42O2/c1-3-5-7-9-10-11-12-13-14-16-18-20(22)19(21)17-15-8-6-4-2/h19-22H,3-18H2,1-2H3/t19-,20-/m0/s1. The smallest absolute Gasteiger partial charge is 0.0799 e. The van der Waals surface area contributed by atoms with E-state index in [9.17, 15) is 10.2 Å². The van der Waals surface area contributed by atoms with Crippen LogP contribution in [0.4, 0.5) is 0 Å². The minimum Gasteiger partial charge on any atom is -0.390 e. The Morgan fingerprint density at radius 2 is 0.727 bits per heavy atom. The zero-order valence-electron chi connectivity index (χ0n) is 15.4. The number of aliphatic hydroxyl groups excluding tert-OH is 2. The van der Waals surface area contributed by atoms with Crippen molar-refractivity contribution < 1.29 is 10.2 Å². The molecule has 0 aliphatic carbocycles. The van der Waals surface area contributed by atoms with Crippen molar-refractivity contribution >= 4 is 0 Å². The van der Waals surface area contributed by atoms with E-state index >= 15 is 0 Å². The van der Waals surface area contributed by atoms with Crippen molar-refractivity contribution in [2.75, 3.05) is 0 Å². The third-order valence-corrected chi connectivity index (χ3v) is 4.65. The van der Waals surface area contributed by atoms with E-state index in [0.29, 0.717) is 0 Å². The number of hydrogen-bond donors (Lipinski definition) is 2. The second-order valence-corrected chi connectivity index (χ2v) is 6.95. The highest BCUT2D eigenvalue weighted by Gasteiger charge is 2.14. The first kappa shape index (κ1) is 21.9. The molecule has 0 aromatic heterocycles. The quantitative estimate of drug-likeness (QED) is 0.324. The molecule has 0 bridgehead atoms. The van der Waals surface area contributed by atoms with Gasteiger partial charge in [0, 0.05) is 0 Å². The summed E-state index contributed by atoms with van der Waals surface area (Å²) in [5.41, 5.74) is 0. The lowest BCUT2D eigenvalue weighted by atomic mass is 10.00. The number of unbranched alkanes of at least 4 members (excludes halogenated alkanes) is 12. The summed E-state index contributed by atoms with van der Waals surface area (Å²) >= 11 is 0. The SMILES string of the molecule is CCCCCCCCCCCC[C@H](O)[C@@H](O)CCCCCC. The van der Waals surface area contributed by atoms with Crippen molar-refractivity contribution in [1.29, 1.82) is 0 Å². The molecule has 22 heavy (non-hydrogen) atoms. The molecule has 0 radical (unpaired) electrons. The van der Waals surface area contributed by atoms with Crippen LogP contribution < -0.4 is 0 Å². The lowest BCUT2D eigenvalue weighted by Crippen LogP contribution is -2.25. The van der Waals surface area contributed by atoms with Gasteiger partial charge in [0.1, 0.15) is 0 Å². The van der Waals surface area contributed by atoms with Gasteiger partial charge in [-0.3, -0.25) is 0 Å². The van der Waals surface area contributed by atoms with Gasteiger partial charge in [0.25, 0.3) is 0 Å². The molecular formula is C20H42O2. The largest absolute Gasteiger partial charge is 0.390 e. The van der Waals surface area contributed by atoms with Crippen molar-refractivity contribution in [1.82, 2.24) is 0 Å². The van der Waals surface area contributed by atoms with E-state index in [2.05, 4.69) is 13.8 Å². The maximum atomic E-state index is 9.95. The molecule has 0 aliphatic rings. The number of aliphatic hydroxyl groups is 2. The molecular weight excluding hydrogens is 272 g/mol. The van der Waals surface area contributed by atoms with Crippen LogP contribution in [0, 0.1) is 0 Å². The van der Waals surface area contributed by atoms with E-state index in [1.54, 1.807) is 0 Å². The monoisotopic (exact) mass is 314 g/mol. The third kappa shape index (κ3) is 14.8. The Morgan fingerprint density at radius 1 is 0.455 bits per heavy atom. The van der Waals surface area contributed by atoms with Crippen LogP contribution in [0.2, 0.25) is 0 Å². The first-order valence-corrected chi connectivity index (χ1v) is 10.1. The summed E-state index contributed by atoms with van der Waals surface area (Å²) < 4.78 is 0. The summed E-state index contributed by atoms with van der Waals surface area (Å²) in [4.78, 5) is 0. The van der Waals surface area contributed by atoms with Crippen molar-refractivity contribution in [3.8, 4) is 0 Å². The average molecular weight is 315 g/mol. The molecule has 0 aromatic rings. The van der Waals surface area contributed by atoms with Crippen molar-refractivity contribution in [2.45, 2.75) is 129 Å². The van der Waals surface area contributed by atoms with Crippen LogP contribution in [-0.2, 0) is 0 Å². The first-order chi connectivity index (χ1) is 10.7. The molecule has 2 atom stereocenters. The van der Waals surface area contributed by atoms with Crippen LogP contribution in [0.25, 0.3) is 0 Å². The van der Waals surface area contributed by atoms with E-state index in [0.717, 1.165) is 25.7 Å².